The minimum absolute atomic E-state index is 0.276. The highest BCUT2D eigenvalue weighted by Gasteiger charge is 2.19. The van der Waals surface area contributed by atoms with Crippen molar-refractivity contribution in [3.05, 3.63) is 53.2 Å². The van der Waals surface area contributed by atoms with E-state index in [-0.39, 0.29) is 6.10 Å². The van der Waals surface area contributed by atoms with Gasteiger partial charge in [0.2, 0.25) is 0 Å². The van der Waals surface area contributed by atoms with E-state index in [9.17, 15) is 0 Å². The summed E-state index contributed by atoms with van der Waals surface area (Å²) in [4.78, 5) is 4.84. The van der Waals surface area contributed by atoms with Gasteiger partial charge in [0.1, 0.15) is 17.2 Å². The molecule has 1 fully saturated rings. The molecule has 0 unspecified atom stereocenters. The molecule has 24 heavy (non-hydrogen) atoms. The van der Waals surface area contributed by atoms with Crippen LogP contribution >= 0.6 is 11.6 Å². The molecule has 0 aliphatic carbocycles. The molecule has 1 aliphatic rings. The number of nitrogens with zero attached hydrogens (tertiary/aromatic N) is 2. The third kappa shape index (κ3) is 2.87. The van der Waals surface area contributed by atoms with E-state index in [0.29, 0.717) is 0 Å². The Bertz CT molecular complexity index is 851. The summed E-state index contributed by atoms with van der Waals surface area (Å²) in [5, 5.41) is 4.30. The van der Waals surface area contributed by atoms with Crippen LogP contribution in [0.3, 0.4) is 0 Å². The summed E-state index contributed by atoms with van der Waals surface area (Å²) >= 11 is 6.03. The van der Waals surface area contributed by atoms with Crippen molar-refractivity contribution in [1.82, 2.24) is 9.38 Å². The summed E-state index contributed by atoms with van der Waals surface area (Å²) < 4.78 is 7.91. The number of halogens is 1. The van der Waals surface area contributed by atoms with E-state index < -0.39 is 0 Å². The fourth-order valence-corrected chi connectivity index (χ4v) is 3.37. The Hall–Kier alpha value is -2.04. The molecule has 3 heterocycles. The van der Waals surface area contributed by atoms with Crippen molar-refractivity contribution in [2.75, 3.05) is 18.5 Å². The number of hydrogen-bond acceptors (Lipinski definition) is 3. The molecular weight excluding hydrogens is 322 g/mol. The average Bonchev–Trinajstić information content (AvgIpc) is 3.21. The minimum atomic E-state index is 0.276. The molecule has 0 amide bonds. The molecule has 4 nitrogen and oxygen atoms in total. The van der Waals surface area contributed by atoms with E-state index in [2.05, 4.69) is 22.7 Å². The third-order valence-corrected chi connectivity index (χ3v) is 4.73. The Labute approximate surface area is 146 Å². The fourth-order valence-electron chi connectivity index (χ4n) is 3.24. The second-order valence-electron chi connectivity index (χ2n) is 6.19. The molecule has 124 valence electrons. The zero-order chi connectivity index (χ0) is 16.5. The van der Waals surface area contributed by atoms with Crippen LogP contribution < -0.4 is 5.32 Å². The van der Waals surface area contributed by atoms with Gasteiger partial charge in [0, 0.05) is 29.4 Å². The number of anilines is 1. The number of rotatable bonds is 4. The Morgan fingerprint density at radius 2 is 2.08 bits per heavy atom. The van der Waals surface area contributed by atoms with E-state index in [4.69, 9.17) is 21.3 Å². The molecule has 0 radical (unpaired) electrons. The number of pyridine rings is 1. The lowest BCUT2D eigenvalue weighted by atomic mass is 10.1. The maximum Gasteiger partial charge on any atom is 0.139 e. The topological polar surface area (TPSA) is 38.6 Å². The zero-order valence-corrected chi connectivity index (χ0v) is 14.4. The molecule has 0 bridgehead atoms. The summed E-state index contributed by atoms with van der Waals surface area (Å²) in [5.41, 5.74) is 4.08. The predicted molar refractivity (Wildman–Crippen MR) is 97.8 cm³/mol. The molecule has 2 aromatic heterocycles. The molecule has 1 aromatic carbocycles. The zero-order valence-electron chi connectivity index (χ0n) is 13.6. The summed E-state index contributed by atoms with van der Waals surface area (Å²) in [6.45, 7) is 3.75. The van der Waals surface area contributed by atoms with Gasteiger partial charge in [-0.05, 0) is 44.0 Å². The van der Waals surface area contributed by atoms with Gasteiger partial charge >= 0.3 is 0 Å². The predicted octanol–water partition coefficient (Wildman–Crippen LogP) is 4.55. The first kappa shape index (κ1) is 15.5. The van der Waals surface area contributed by atoms with Crippen molar-refractivity contribution < 1.29 is 4.74 Å². The monoisotopic (exact) mass is 341 g/mol. The van der Waals surface area contributed by atoms with Crippen molar-refractivity contribution in [1.29, 1.82) is 0 Å². The van der Waals surface area contributed by atoms with Crippen LogP contribution in [0.1, 0.15) is 18.5 Å². The Morgan fingerprint density at radius 1 is 1.25 bits per heavy atom. The van der Waals surface area contributed by atoms with Crippen LogP contribution in [0.25, 0.3) is 16.9 Å². The smallest absolute Gasteiger partial charge is 0.139 e. The second-order valence-corrected chi connectivity index (χ2v) is 6.63. The summed E-state index contributed by atoms with van der Waals surface area (Å²) in [7, 11) is 0. The van der Waals surface area contributed by atoms with Gasteiger partial charge in [0.25, 0.3) is 0 Å². The number of aryl methyl sites for hydroxylation is 1. The van der Waals surface area contributed by atoms with Crippen LogP contribution in [0.4, 0.5) is 5.82 Å². The van der Waals surface area contributed by atoms with Crippen LogP contribution in [0, 0.1) is 6.92 Å². The van der Waals surface area contributed by atoms with Crippen LogP contribution in [-0.2, 0) is 4.74 Å². The summed E-state index contributed by atoms with van der Waals surface area (Å²) in [5.74, 6) is 1.01. The van der Waals surface area contributed by atoms with Crippen LogP contribution in [0.5, 0.6) is 0 Å². The number of ether oxygens (including phenoxy) is 1. The minimum Gasteiger partial charge on any atom is -0.376 e. The van der Waals surface area contributed by atoms with Gasteiger partial charge in [-0.1, -0.05) is 29.8 Å². The van der Waals surface area contributed by atoms with Crippen LogP contribution in [0.15, 0.2) is 42.5 Å². The molecule has 1 aliphatic heterocycles. The lowest BCUT2D eigenvalue weighted by molar-refractivity contribution is 0.120. The van der Waals surface area contributed by atoms with E-state index in [1.807, 2.05) is 36.4 Å². The number of hydrogen-bond donors (Lipinski definition) is 1. The molecular formula is C19H20ClN3O. The van der Waals surface area contributed by atoms with Gasteiger partial charge in [-0.25, -0.2) is 4.98 Å². The standard InChI is InChI=1S/C19H20ClN3O/c1-13-4-2-6-17-22-18(14-7-9-15(20)10-8-14)19(23(13)17)21-12-16-5-3-11-24-16/h2,4,6-10,16,21H,3,5,11-12H2,1H3/t16-/m1/s1. The van der Waals surface area contributed by atoms with Crippen LogP contribution in [-0.4, -0.2) is 28.6 Å². The molecule has 5 heteroatoms. The number of imidazole rings is 1. The third-order valence-electron chi connectivity index (χ3n) is 4.48. The number of nitrogens with one attached hydrogen (secondary N) is 1. The Balaban J connectivity index is 1.77. The SMILES string of the molecule is Cc1cccc2nc(-c3ccc(Cl)cc3)c(NC[C@H]3CCCO3)n12. The summed E-state index contributed by atoms with van der Waals surface area (Å²) in [6, 6.07) is 14.0. The van der Waals surface area contributed by atoms with Crippen molar-refractivity contribution in [3.8, 4) is 11.3 Å². The fraction of sp³-hybridized carbons (Fsp3) is 0.316. The molecule has 1 N–H and O–H groups in total. The largest absolute Gasteiger partial charge is 0.376 e. The van der Waals surface area contributed by atoms with Gasteiger partial charge in [0.05, 0.1) is 6.10 Å². The molecule has 0 spiro atoms. The number of benzene rings is 1. The van der Waals surface area contributed by atoms with E-state index >= 15 is 0 Å². The van der Waals surface area contributed by atoms with E-state index in [1.165, 1.54) is 0 Å². The highest BCUT2D eigenvalue weighted by atomic mass is 35.5. The molecule has 1 atom stereocenters. The number of aromatic nitrogens is 2. The molecule has 1 saturated heterocycles. The normalized spacial score (nSPS) is 17.5. The molecule has 4 rings (SSSR count). The van der Waals surface area contributed by atoms with Gasteiger partial charge in [-0.2, -0.15) is 0 Å². The van der Waals surface area contributed by atoms with Gasteiger partial charge in [-0.3, -0.25) is 4.40 Å². The lowest BCUT2D eigenvalue weighted by Crippen LogP contribution is -2.19. The molecule has 0 saturated carbocycles. The van der Waals surface area contributed by atoms with E-state index in [0.717, 1.165) is 59.4 Å². The van der Waals surface area contributed by atoms with Crippen molar-refractivity contribution in [2.45, 2.75) is 25.9 Å². The van der Waals surface area contributed by atoms with Crippen molar-refractivity contribution >= 4 is 23.1 Å². The van der Waals surface area contributed by atoms with Crippen molar-refractivity contribution in [3.63, 3.8) is 0 Å². The Morgan fingerprint density at radius 3 is 2.83 bits per heavy atom. The lowest BCUT2D eigenvalue weighted by Gasteiger charge is -2.14. The van der Waals surface area contributed by atoms with Crippen molar-refractivity contribution in [2.24, 2.45) is 0 Å². The number of fused-ring (bicyclic) bond motifs is 1. The van der Waals surface area contributed by atoms with Crippen LogP contribution in [0.2, 0.25) is 5.02 Å². The first-order valence-electron chi connectivity index (χ1n) is 8.32. The highest BCUT2D eigenvalue weighted by Crippen LogP contribution is 2.31. The maximum atomic E-state index is 6.03. The maximum absolute atomic E-state index is 6.03. The van der Waals surface area contributed by atoms with E-state index in [1.54, 1.807) is 0 Å². The average molecular weight is 342 g/mol. The van der Waals surface area contributed by atoms with Gasteiger partial charge in [0.15, 0.2) is 0 Å². The van der Waals surface area contributed by atoms with Gasteiger partial charge < -0.3 is 10.1 Å². The second kappa shape index (κ2) is 6.46. The van der Waals surface area contributed by atoms with Gasteiger partial charge in [-0.15, -0.1) is 0 Å². The summed E-state index contributed by atoms with van der Waals surface area (Å²) in [6.07, 6.45) is 2.53. The highest BCUT2D eigenvalue weighted by molar-refractivity contribution is 6.30. The quantitative estimate of drug-likeness (QED) is 0.756. The Kier molecular flexibility index (Phi) is 4.17. The first-order chi connectivity index (χ1) is 11.7. The first-order valence-corrected chi connectivity index (χ1v) is 8.69. The molecule has 3 aromatic rings.